The number of methoxy groups -OCH3 is 1. The maximum absolute atomic E-state index is 9.57. The van der Waals surface area contributed by atoms with Crippen molar-refractivity contribution >= 4 is 0 Å². The standard InChI is InChI=1S/C14H14O3/c1-17-14-7-12(6-13(16)8-14)11-4-2-10(9-15)3-5-11/h2-8,15-16H,9H2,1H3. The molecule has 0 spiro atoms. The van der Waals surface area contributed by atoms with Gasteiger partial charge in [0.15, 0.2) is 0 Å². The number of rotatable bonds is 3. The second kappa shape index (κ2) is 4.89. The van der Waals surface area contributed by atoms with E-state index < -0.39 is 0 Å². The highest BCUT2D eigenvalue weighted by atomic mass is 16.5. The number of phenols is 1. The largest absolute Gasteiger partial charge is 0.508 e. The summed E-state index contributed by atoms with van der Waals surface area (Å²) in [6, 6.07) is 12.6. The number of hydrogen-bond donors (Lipinski definition) is 2. The molecule has 0 unspecified atom stereocenters. The van der Waals surface area contributed by atoms with Gasteiger partial charge in [-0.2, -0.15) is 0 Å². The lowest BCUT2D eigenvalue weighted by atomic mass is 10.0. The molecule has 3 nitrogen and oxygen atoms in total. The SMILES string of the molecule is COc1cc(O)cc(-c2ccc(CO)cc2)c1. The molecule has 2 rings (SSSR count). The Balaban J connectivity index is 2.41. The van der Waals surface area contributed by atoms with Crippen LogP contribution in [0.1, 0.15) is 5.56 Å². The Hall–Kier alpha value is -2.00. The topological polar surface area (TPSA) is 49.7 Å². The molecule has 0 aliphatic carbocycles. The molecule has 0 aliphatic rings. The third-order valence-corrected chi connectivity index (χ3v) is 2.60. The number of aromatic hydroxyl groups is 1. The Kier molecular flexibility index (Phi) is 3.30. The molecule has 0 heterocycles. The summed E-state index contributed by atoms with van der Waals surface area (Å²) in [5.74, 6) is 0.789. The minimum atomic E-state index is 0.0314. The van der Waals surface area contributed by atoms with Gasteiger partial charge in [0.05, 0.1) is 13.7 Å². The fourth-order valence-electron chi connectivity index (χ4n) is 1.67. The van der Waals surface area contributed by atoms with Crippen molar-refractivity contribution in [3.8, 4) is 22.6 Å². The average molecular weight is 230 g/mol. The van der Waals surface area contributed by atoms with Gasteiger partial charge in [-0.05, 0) is 28.8 Å². The van der Waals surface area contributed by atoms with Crippen LogP contribution in [0.15, 0.2) is 42.5 Å². The lowest BCUT2D eigenvalue weighted by molar-refractivity contribution is 0.282. The predicted molar refractivity (Wildman–Crippen MR) is 66.0 cm³/mol. The van der Waals surface area contributed by atoms with E-state index in [1.165, 1.54) is 0 Å². The van der Waals surface area contributed by atoms with Crippen molar-refractivity contribution in [1.82, 2.24) is 0 Å². The van der Waals surface area contributed by atoms with Crippen LogP contribution in [-0.4, -0.2) is 17.3 Å². The molecule has 17 heavy (non-hydrogen) atoms. The van der Waals surface area contributed by atoms with Gasteiger partial charge >= 0.3 is 0 Å². The Morgan fingerprint density at radius 3 is 2.29 bits per heavy atom. The third kappa shape index (κ3) is 2.57. The molecule has 0 saturated heterocycles. The van der Waals surface area contributed by atoms with Gasteiger partial charge in [0.2, 0.25) is 0 Å². The van der Waals surface area contributed by atoms with Gasteiger partial charge < -0.3 is 14.9 Å². The minimum Gasteiger partial charge on any atom is -0.508 e. The molecule has 2 aromatic rings. The van der Waals surface area contributed by atoms with Gasteiger partial charge in [0, 0.05) is 6.07 Å². The number of benzene rings is 2. The Morgan fingerprint density at radius 2 is 1.71 bits per heavy atom. The summed E-state index contributed by atoms with van der Waals surface area (Å²) in [5, 5.41) is 18.5. The van der Waals surface area contributed by atoms with Crippen LogP contribution in [0, 0.1) is 0 Å². The molecule has 0 aromatic heterocycles. The van der Waals surface area contributed by atoms with E-state index in [2.05, 4.69) is 0 Å². The first-order chi connectivity index (χ1) is 8.22. The number of aliphatic hydroxyl groups excluding tert-OH is 1. The fraction of sp³-hybridized carbons (Fsp3) is 0.143. The third-order valence-electron chi connectivity index (χ3n) is 2.60. The fourth-order valence-corrected chi connectivity index (χ4v) is 1.67. The first-order valence-corrected chi connectivity index (χ1v) is 5.31. The lowest BCUT2D eigenvalue weighted by Gasteiger charge is -2.07. The van der Waals surface area contributed by atoms with Crippen molar-refractivity contribution in [2.45, 2.75) is 6.61 Å². The zero-order chi connectivity index (χ0) is 12.3. The molecular formula is C14H14O3. The van der Waals surface area contributed by atoms with E-state index in [4.69, 9.17) is 9.84 Å². The summed E-state index contributed by atoms with van der Waals surface area (Å²) in [6.07, 6.45) is 0. The van der Waals surface area contributed by atoms with Gasteiger partial charge in [0.1, 0.15) is 11.5 Å². The van der Waals surface area contributed by atoms with Crippen LogP contribution in [-0.2, 0) is 6.61 Å². The highest BCUT2D eigenvalue weighted by molar-refractivity contribution is 5.67. The molecule has 0 fully saturated rings. The van der Waals surface area contributed by atoms with Crippen LogP contribution in [0.25, 0.3) is 11.1 Å². The summed E-state index contributed by atoms with van der Waals surface area (Å²) in [5.41, 5.74) is 2.71. The average Bonchev–Trinajstić information content (AvgIpc) is 2.38. The van der Waals surface area contributed by atoms with Gasteiger partial charge in [-0.25, -0.2) is 0 Å². The number of hydrogen-bond acceptors (Lipinski definition) is 3. The van der Waals surface area contributed by atoms with Crippen LogP contribution in [0.2, 0.25) is 0 Å². The Bertz CT molecular complexity index is 503. The maximum Gasteiger partial charge on any atom is 0.123 e. The van der Waals surface area contributed by atoms with E-state index in [9.17, 15) is 5.11 Å². The molecule has 0 bridgehead atoms. The van der Waals surface area contributed by atoms with Gasteiger partial charge in [0.25, 0.3) is 0 Å². The molecular weight excluding hydrogens is 216 g/mol. The second-order valence-corrected chi connectivity index (χ2v) is 3.77. The smallest absolute Gasteiger partial charge is 0.123 e. The Morgan fingerprint density at radius 1 is 1.00 bits per heavy atom. The van der Waals surface area contributed by atoms with Gasteiger partial charge in [-0.15, -0.1) is 0 Å². The van der Waals surface area contributed by atoms with E-state index in [0.29, 0.717) is 5.75 Å². The molecule has 2 N–H and O–H groups in total. The number of phenolic OH excluding ortho intramolecular Hbond substituents is 1. The summed E-state index contributed by atoms with van der Waals surface area (Å²) < 4.78 is 5.10. The summed E-state index contributed by atoms with van der Waals surface area (Å²) in [4.78, 5) is 0. The molecule has 0 atom stereocenters. The highest BCUT2D eigenvalue weighted by Gasteiger charge is 2.03. The molecule has 2 aromatic carbocycles. The second-order valence-electron chi connectivity index (χ2n) is 3.77. The zero-order valence-corrected chi connectivity index (χ0v) is 9.55. The summed E-state index contributed by atoms with van der Waals surface area (Å²) in [6.45, 7) is 0.0314. The van der Waals surface area contributed by atoms with E-state index in [-0.39, 0.29) is 12.4 Å². The first kappa shape index (κ1) is 11.5. The Labute approximate surface area is 99.9 Å². The molecule has 88 valence electrons. The van der Waals surface area contributed by atoms with E-state index in [0.717, 1.165) is 16.7 Å². The van der Waals surface area contributed by atoms with E-state index >= 15 is 0 Å². The highest BCUT2D eigenvalue weighted by Crippen LogP contribution is 2.29. The molecule has 0 radical (unpaired) electrons. The minimum absolute atomic E-state index is 0.0314. The van der Waals surface area contributed by atoms with Crippen LogP contribution < -0.4 is 4.74 Å². The quantitative estimate of drug-likeness (QED) is 0.852. The van der Waals surface area contributed by atoms with Crippen molar-refractivity contribution in [2.24, 2.45) is 0 Å². The summed E-state index contributed by atoms with van der Waals surface area (Å²) >= 11 is 0. The van der Waals surface area contributed by atoms with Crippen LogP contribution in [0.5, 0.6) is 11.5 Å². The number of aliphatic hydroxyl groups is 1. The van der Waals surface area contributed by atoms with Crippen molar-refractivity contribution in [2.75, 3.05) is 7.11 Å². The van der Waals surface area contributed by atoms with E-state index in [1.54, 1.807) is 19.2 Å². The van der Waals surface area contributed by atoms with Gasteiger partial charge in [-0.1, -0.05) is 24.3 Å². The normalized spacial score (nSPS) is 10.2. The van der Waals surface area contributed by atoms with Crippen LogP contribution in [0.3, 0.4) is 0 Å². The molecule has 3 heteroatoms. The molecule has 0 saturated carbocycles. The molecule has 0 amide bonds. The van der Waals surface area contributed by atoms with Crippen LogP contribution in [0.4, 0.5) is 0 Å². The van der Waals surface area contributed by atoms with Crippen molar-refractivity contribution in [3.05, 3.63) is 48.0 Å². The predicted octanol–water partition coefficient (Wildman–Crippen LogP) is 2.56. The lowest BCUT2D eigenvalue weighted by Crippen LogP contribution is -1.86. The first-order valence-electron chi connectivity index (χ1n) is 5.31. The van der Waals surface area contributed by atoms with Crippen molar-refractivity contribution in [1.29, 1.82) is 0 Å². The molecule has 0 aliphatic heterocycles. The van der Waals surface area contributed by atoms with E-state index in [1.807, 2.05) is 30.3 Å². The van der Waals surface area contributed by atoms with Crippen molar-refractivity contribution < 1.29 is 14.9 Å². The van der Waals surface area contributed by atoms with Crippen LogP contribution >= 0.6 is 0 Å². The maximum atomic E-state index is 9.57. The number of ether oxygens (including phenoxy) is 1. The monoisotopic (exact) mass is 230 g/mol. The van der Waals surface area contributed by atoms with Gasteiger partial charge in [-0.3, -0.25) is 0 Å². The van der Waals surface area contributed by atoms with Crippen molar-refractivity contribution in [3.63, 3.8) is 0 Å². The zero-order valence-electron chi connectivity index (χ0n) is 9.55. The summed E-state index contributed by atoms with van der Waals surface area (Å²) in [7, 11) is 1.56.